The van der Waals surface area contributed by atoms with E-state index in [4.69, 9.17) is 13.0 Å². The van der Waals surface area contributed by atoms with Crippen molar-refractivity contribution in [2.75, 3.05) is 12.8 Å². The molecule has 0 aromatic carbocycles. The molecule has 0 saturated heterocycles. The van der Waals surface area contributed by atoms with Gasteiger partial charge in [-0.2, -0.15) is 0 Å². The maximum Gasteiger partial charge on any atom is 0.102 e. The monoisotopic (exact) mass is 289 g/mol. The Balaban J connectivity index is 0.000000555. The van der Waals surface area contributed by atoms with Crippen LogP contribution in [0.5, 0.6) is 0 Å². The molecule has 1 aliphatic rings. The Hall–Kier alpha value is -0.650. The molecule has 1 heterocycles. The SMILES string of the molecule is CCCCCC[NH+]1C=CC(CCC)=C1.CS(=O)(=O)[O-]. The van der Waals surface area contributed by atoms with E-state index in [1.54, 1.807) is 4.90 Å². The fourth-order valence-corrected chi connectivity index (χ4v) is 1.90. The van der Waals surface area contributed by atoms with Gasteiger partial charge in [-0.3, -0.25) is 4.90 Å². The molecule has 0 saturated carbocycles. The lowest BCUT2D eigenvalue weighted by molar-refractivity contribution is -0.788. The third kappa shape index (κ3) is 13.6. The Morgan fingerprint density at radius 3 is 2.32 bits per heavy atom. The smallest absolute Gasteiger partial charge is 0.102 e. The second kappa shape index (κ2) is 10.2. The first-order valence-electron chi connectivity index (χ1n) is 7.02. The van der Waals surface area contributed by atoms with E-state index >= 15 is 0 Å². The summed E-state index contributed by atoms with van der Waals surface area (Å²) < 4.78 is 27.2. The summed E-state index contributed by atoms with van der Waals surface area (Å²) >= 11 is 0. The zero-order chi connectivity index (χ0) is 14.7. The number of hydrogen-bond donors (Lipinski definition) is 1. The number of rotatable bonds is 7. The van der Waals surface area contributed by atoms with E-state index in [-0.39, 0.29) is 0 Å². The van der Waals surface area contributed by atoms with Crippen molar-refractivity contribution in [1.29, 1.82) is 0 Å². The molecule has 112 valence electrons. The quantitative estimate of drug-likeness (QED) is 0.574. The highest BCUT2D eigenvalue weighted by atomic mass is 32.2. The number of nitrogens with one attached hydrogen (secondary N) is 1. The van der Waals surface area contributed by atoms with Gasteiger partial charge in [-0.15, -0.1) is 0 Å². The topological polar surface area (TPSA) is 61.6 Å². The third-order valence-electron chi connectivity index (χ3n) is 2.74. The molecule has 0 spiro atoms. The van der Waals surface area contributed by atoms with Crippen molar-refractivity contribution in [2.45, 2.75) is 52.4 Å². The minimum atomic E-state index is -3.92. The summed E-state index contributed by atoms with van der Waals surface area (Å²) in [6, 6.07) is 0. The molecule has 4 nitrogen and oxygen atoms in total. The van der Waals surface area contributed by atoms with Crippen LogP contribution in [0.3, 0.4) is 0 Å². The average Bonchev–Trinajstić information content (AvgIpc) is 2.71. The molecule has 1 N–H and O–H groups in total. The molecule has 0 bridgehead atoms. The van der Waals surface area contributed by atoms with Crippen molar-refractivity contribution in [3.63, 3.8) is 0 Å². The zero-order valence-corrected chi connectivity index (χ0v) is 13.1. The van der Waals surface area contributed by atoms with Crippen LogP contribution in [0, 0.1) is 0 Å². The Kier molecular flexibility index (Phi) is 9.83. The van der Waals surface area contributed by atoms with E-state index in [0.717, 1.165) is 0 Å². The summed E-state index contributed by atoms with van der Waals surface area (Å²) in [6.45, 7) is 5.79. The summed E-state index contributed by atoms with van der Waals surface area (Å²) in [5, 5.41) is 0. The van der Waals surface area contributed by atoms with E-state index in [1.807, 2.05) is 0 Å². The van der Waals surface area contributed by atoms with Crippen molar-refractivity contribution < 1.29 is 17.9 Å². The lowest BCUT2D eigenvalue weighted by atomic mass is 10.2. The molecule has 19 heavy (non-hydrogen) atoms. The standard InChI is InChI=1S/C13H23N.CH4O3S/c1-3-5-6-7-10-14-11-9-13(12-14)8-4-2;1-5(2,3)4/h9,11-12H,3-8,10H2,1-2H3;1H3,(H,2,3,4). The summed E-state index contributed by atoms with van der Waals surface area (Å²) in [5.41, 5.74) is 1.53. The first-order valence-corrected chi connectivity index (χ1v) is 8.83. The predicted molar refractivity (Wildman–Crippen MR) is 77.7 cm³/mol. The van der Waals surface area contributed by atoms with Crippen molar-refractivity contribution >= 4 is 10.1 Å². The molecule has 0 radical (unpaired) electrons. The lowest BCUT2D eigenvalue weighted by Crippen LogP contribution is -3.01. The summed E-state index contributed by atoms with van der Waals surface area (Å²) in [5.74, 6) is 0. The van der Waals surface area contributed by atoms with Gasteiger partial charge in [0, 0.05) is 17.9 Å². The van der Waals surface area contributed by atoms with Crippen molar-refractivity contribution in [3.05, 3.63) is 24.0 Å². The fourth-order valence-electron chi connectivity index (χ4n) is 1.90. The van der Waals surface area contributed by atoms with Gasteiger partial charge in [0.05, 0.1) is 22.9 Å². The fraction of sp³-hybridized carbons (Fsp3) is 0.714. The molecule has 1 atom stereocenters. The number of quaternary nitrogens is 1. The van der Waals surface area contributed by atoms with E-state index in [2.05, 4.69) is 32.3 Å². The van der Waals surface area contributed by atoms with Crippen LogP contribution in [0.1, 0.15) is 52.4 Å². The van der Waals surface area contributed by atoms with Gasteiger partial charge >= 0.3 is 0 Å². The summed E-state index contributed by atoms with van der Waals surface area (Å²) in [4.78, 5) is 1.55. The molecule has 0 aliphatic carbocycles. The largest absolute Gasteiger partial charge is 0.748 e. The highest BCUT2D eigenvalue weighted by molar-refractivity contribution is 7.84. The third-order valence-corrected chi connectivity index (χ3v) is 2.74. The van der Waals surface area contributed by atoms with Crippen LogP contribution in [-0.2, 0) is 10.1 Å². The van der Waals surface area contributed by atoms with Crippen LogP contribution in [0.15, 0.2) is 24.0 Å². The number of unbranched alkanes of at least 4 members (excludes halogenated alkanes) is 3. The predicted octanol–water partition coefficient (Wildman–Crippen LogP) is 1.82. The maximum absolute atomic E-state index is 9.08. The van der Waals surface area contributed by atoms with Crippen LogP contribution in [0.25, 0.3) is 0 Å². The molecule has 5 heteroatoms. The molecule has 1 rings (SSSR count). The Morgan fingerprint density at radius 1 is 1.16 bits per heavy atom. The van der Waals surface area contributed by atoms with Crippen LogP contribution < -0.4 is 4.90 Å². The minimum Gasteiger partial charge on any atom is -0.748 e. The molecule has 0 fully saturated rings. The van der Waals surface area contributed by atoms with E-state index < -0.39 is 10.1 Å². The van der Waals surface area contributed by atoms with E-state index in [1.165, 1.54) is 50.6 Å². The second-order valence-electron chi connectivity index (χ2n) is 4.89. The molecule has 0 aromatic rings. The second-order valence-corrected chi connectivity index (χ2v) is 6.30. The molecule has 0 amide bonds. The van der Waals surface area contributed by atoms with Crippen LogP contribution in [0.4, 0.5) is 0 Å². The maximum atomic E-state index is 9.08. The first-order chi connectivity index (χ1) is 8.86. The summed E-state index contributed by atoms with van der Waals surface area (Å²) in [6.07, 6.45) is 15.6. The lowest BCUT2D eigenvalue weighted by Gasteiger charge is -2.05. The van der Waals surface area contributed by atoms with Gasteiger partial charge in [0.15, 0.2) is 0 Å². The number of allylic oxidation sites excluding steroid dienone is 2. The van der Waals surface area contributed by atoms with E-state index in [9.17, 15) is 0 Å². The van der Waals surface area contributed by atoms with Gasteiger partial charge in [-0.1, -0.05) is 33.1 Å². The zero-order valence-electron chi connectivity index (χ0n) is 12.3. The number of hydrogen-bond acceptors (Lipinski definition) is 3. The molecular weight excluding hydrogens is 262 g/mol. The van der Waals surface area contributed by atoms with Gasteiger partial charge in [-0.05, 0) is 19.3 Å². The first kappa shape index (κ1) is 18.4. The Labute approximate surface area is 117 Å². The van der Waals surface area contributed by atoms with Crippen molar-refractivity contribution in [3.8, 4) is 0 Å². The van der Waals surface area contributed by atoms with Gasteiger partial charge in [0.25, 0.3) is 0 Å². The van der Waals surface area contributed by atoms with Gasteiger partial charge in [0.1, 0.15) is 6.20 Å². The molecule has 0 aromatic heterocycles. The van der Waals surface area contributed by atoms with E-state index in [0.29, 0.717) is 6.26 Å². The van der Waals surface area contributed by atoms with Crippen LogP contribution >= 0.6 is 0 Å². The van der Waals surface area contributed by atoms with Crippen molar-refractivity contribution in [2.24, 2.45) is 0 Å². The minimum absolute atomic E-state index is 0.604. The highest BCUT2D eigenvalue weighted by Crippen LogP contribution is 2.06. The average molecular weight is 289 g/mol. The molecule has 1 aliphatic heterocycles. The Morgan fingerprint density at radius 2 is 1.79 bits per heavy atom. The van der Waals surface area contributed by atoms with Gasteiger partial charge in [0.2, 0.25) is 0 Å². The summed E-state index contributed by atoms with van der Waals surface area (Å²) in [7, 11) is -3.92. The van der Waals surface area contributed by atoms with Crippen molar-refractivity contribution in [1.82, 2.24) is 0 Å². The molecule has 1 unspecified atom stereocenters. The van der Waals surface area contributed by atoms with Gasteiger partial charge < -0.3 is 4.55 Å². The molecular formula is C14H27NO3S. The van der Waals surface area contributed by atoms with Gasteiger partial charge in [-0.25, -0.2) is 8.42 Å². The Bertz CT molecular complexity index is 377. The highest BCUT2D eigenvalue weighted by Gasteiger charge is 2.09. The normalized spacial score (nSPS) is 17.9. The van der Waals surface area contributed by atoms with Crippen LogP contribution in [-0.4, -0.2) is 25.8 Å². The van der Waals surface area contributed by atoms with Crippen LogP contribution in [0.2, 0.25) is 0 Å².